The number of hydrogen-bond donors (Lipinski definition) is 1. The van der Waals surface area contributed by atoms with E-state index in [2.05, 4.69) is 27.0 Å². The van der Waals surface area contributed by atoms with Crippen LogP contribution in [-0.4, -0.2) is 21.7 Å². The van der Waals surface area contributed by atoms with Gasteiger partial charge >= 0.3 is 0 Å². The summed E-state index contributed by atoms with van der Waals surface area (Å²) in [5.41, 5.74) is 1.65. The SMILES string of the molecule is C=CCNCc1nc(-c2cccc(C)n2)no1. The zero-order valence-electron chi connectivity index (χ0n) is 9.68. The summed E-state index contributed by atoms with van der Waals surface area (Å²) in [4.78, 5) is 8.59. The predicted molar refractivity (Wildman–Crippen MR) is 64.2 cm³/mol. The van der Waals surface area contributed by atoms with Gasteiger partial charge in [0.05, 0.1) is 6.54 Å². The van der Waals surface area contributed by atoms with Crippen LogP contribution in [0.2, 0.25) is 0 Å². The lowest BCUT2D eigenvalue weighted by Gasteiger charge is -1.95. The summed E-state index contributed by atoms with van der Waals surface area (Å²) < 4.78 is 5.11. The highest BCUT2D eigenvalue weighted by atomic mass is 16.5. The van der Waals surface area contributed by atoms with Gasteiger partial charge in [-0.3, -0.25) is 0 Å². The van der Waals surface area contributed by atoms with Gasteiger partial charge in [0.1, 0.15) is 5.69 Å². The molecule has 0 aliphatic carbocycles. The van der Waals surface area contributed by atoms with Crippen molar-refractivity contribution in [1.82, 2.24) is 20.4 Å². The molecule has 0 spiro atoms. The normalized spacial score (nSPS) is 10.4. The van der Waals surface area contributed by atoms with Gasteiger partial charge in [0, 0.05) is 12.2 Å². The smallest absolute Gasteiger partial charge is 0.240 e. The second kappa shape index (κ2) is 5.36. The molecule has 0 radical (unpaired) electrons. The molecule has 5 nitrogen and oxygen atoms in total. The van der Waals surface area contributed by atoms with E-state index in [1.165, 1.54) is 0 Å². The molecule has 88 valence electrons. The van der Waals surface area contributed by atoms with E-state index in [9.17, 15) is 0 Å². The van der Waals surface area contributed by atoms with Crippen molar-refractivity contribution in [3.8, 4) is 11.5 Å². The summed E-state index contributed by atoms with van der Waals surface area (Å²) in [5, 5.41) is 6.98. The van der Waals surface area contributed by atoms with Crippen molar-refractivity contribution in [1.29, 1.82) is 0 Å². The molecule has 0 aliphatic rings. The van der Waals surface area contributed by atoms with Crippen molar-refractivity contribution in [2.75, 3.05) is 6.54 Å². The van der Waals surface area contributed by atoms with Crippen molar-refractivity contribution >= 4 is 0 Å². The first-order chi connectivity index (χ1) is 8.29. The molecule has 0 fully saturated rings. The van der Waals surface area contributed by atoms with Crippen molar-refractivity contribution in [2.24, 2.45) is 0 Å². The standard InChI is InChI=1S/C12H14N4O/c1-3-7-13-8-11-15-12(16-17-11)10-6-4-5-9(2)14-10/h3-6,13H,1,7-8H2,2H3. The first kappa shape index (κ1) is 11.5. The summed E-state index contributed by atoms with van der Waals surface area (Å²) in [5.74, 6) is 1.06. The fourth-order valence-electron chi connectivity index (χ4n) is 1.38. The minimum Gasteiger partial charge on any atom is -0.337 e. The molecule has 0 atom stereocenters. The molecule has 0 saturated carbocycles. The minimum absolute atomic E-state index is 0.518. The van der Waals surface area contributed by atoms with Crippen LogP contribution in [0, 0.1) is 6.92 Å². The molecule has 2 rings (SSSR count). The molecule has 0 amide bonds. The fraction of sp³-hybridized carbons (Fsp3) is 0.250. The Morgan fingerprint density at radius 3 is 3.06 bits per heavy atom. The Morgan fingerprint density at radius 1 is 1.41 bits per heavy atom. The zero-order chi connectivity index (χ0) is 12.1. The lowest BCUT2D eigenvalue weighted by atomic mass is 10.3. The van der Waals surface area contributed by atoms with E-state index in [-0.39, 0.29) is 0 Å². The van der Waals surface area contributed by atoms with Crippen LogP contribution in [0.25, 0.3) is 11.5 Å². The highest BCUT2D eigenvalue weighted by Gasteiger charge is 2.08. The van der Waals surface area contributed by atoms with E-state index in [0.717, 1.165) is 11.4 Å². The van der Waals surface area contributed by atoms with Crippen molar-refractivity contribution in [2.45, 2.75) is 13.5 Å². The molecule has 0 aromatic carbocycles. The number of pyridine rings is 1. The van der Waals surface area contributed by atoms with Gasteiger partial charge < -0.3 is 9.84 Å². The fourth-order valence-corrected chi connectivity index (χ4v) is 1.38. The quantitative estimate of drug-likeness (QED) is 0.625. The summed E-state index contributed by atoms with van der Waals surface area (Å²) in [6.07, 6.45) is 1.78. The van der Waals surface area contributed by atoms with Gasteiger partial charge in [0.15, 0.2) is 0 Å². The second-order valence-electron chi connectivity index (χ2n) is 3.60. The molecule has 17 heavy (non-hydrogen) atoms. The van der Waals surface area contributed by atoms with Crippen LogP contribution in [0.4, 0.5) is 0 Å². The van der Waals surface area contributed by atoms with Gasteiger partial charge in [-0.2, -0.15) is 4.98 Å². The molecule has 1 N–H and O–H groups in total. The zero-order valence-corrected chi connectivity index (χ0v) is 9.68. The molecule has 0 bridgehead atoms. The maximum atomic E-state index is 5.11. The van der Waals surface area contributed by atoms with E-state index in [4.69, 9.17) is 4.52 Å². The summed E-state index contributed by atoms with van der Waals surface area (Å²) in [7, 11) is 0. The largest absolute Gasteiger partial charge is 0.337 e. The molecule has 2 aromatic rings. The third-order valence-electron chi connectivity index (χ3n) is 2.15. The van der Waals surface area contributed by atoms with Gasteiger partial charge in [0.2, 0.25) is 11.7 Å². The van der Waals surface area contributed by atoms with E-state index < -0.39 is 0 Å². The topological polar surface area (TPSA) is 63.8 Å². The Bertz CT molecular complexity index is 507. The van der Waals surface area contributed by atoms with Crippen molar-refractivity contribution in [3.05, 3.63) is 42.4 Å². The van der Waals surface area contributed by atoms with Gasteiger partial charge in [0.25, 0.3) is 0 Å². The summed E-state index contributed by atoms with van der Waals surface area (Å²) >= 11 is 0. The highest BCUT2D eigenvalue weighted by Crippen LogP contribution is 2.12. The molecule has 0 aliphatic heterocycles. The molecule has 2 heterocycles. The Hall–Kier alpha value is -2.01. The average Bonchev–Trinajstić information content (AvgIpc) is 2.78. The number of hydrogen-bond acceptors (Lipinski definition) is 5. The highest BCUT2D eigenvalue weighted by molar-refractivity contribution is 5.47. The van der Waals surface area contributed by atoms with Crippen LogP contribution in [-0.2, 0) is 6.54 Å². The summed E-state index contributed by atoms with van der Waals surface area (Å²) in [6, 6.07) is 5.71. The first-order valence-electron chi connectivity index (χ1n) is 5.38. The lowest BCUT2D eigenvalue weighted by molar-refractivity contribution is 0.370. The van der Waals surface area contributed by atoms with Gasteiger partial charge in [-0.15, -0.1) is 6.58 Å². The Kier molecular flexibility index (Phi) is 3.62. The van der Waals surface area contributed by atoms with Gasteiger partial charge in [-0.1, -0.05) is 17.3 Å². The minimum atomic E-state index is 0.518. The van der Waals surface area contributed by atoms with Gasteiger partial charge in [-0.25, -0.2) is 4.98 Å². The number of aryl methyl sites for hydroxylation is 1. The Labute approximate surface area is 99.6 Å². The second-order valence-corrected chi connectivity index (χ2v) is 3.60. The average molecular weight is 230 g/mol. The van der Waals surface area contributed by atoms with Crippen LogP contribution in [0.15, 0.2) is 35.4 Å². The third kappa shape index (κ3) is 2.98. The van der Waals surface area contributed by atoms with Crippen molar-refractivity contribution in [3.63, 3.8) is 0 Å². The predicted octanol–water partition coefficient (Wildman–Crippen LogP) is 1.72. The molecule has 2 aromatic heterocycles. The number of nitrogens with zero attached hydrogens (tertiary/aromatic N) is 3. The van der Waals surface area contributed by atoms with Crippen LogP contribution in [0.1, 0.15) is 11.6 Å². The van der Waals surface area contributed by atoms with Crippen LogP contribution >= 0.6 is 0 Å². The lowest BCUT2D eigenvalue weighted by Crippen LogP contribution is -2.12. The monoisotopic (exact) mass is 230 g/mol. The maximum Gasteiger partial charge on any atom is 0.240 e. The van der Waals surface area contributed by atoms with E-state index >= 15 is 0 Å². The van der Waals surface area contributed by atoms with Crippen LogP contribution in [0.3, 0.4) is 0 Å². The molecular formula is C12H14N4O. The van der Waals surface area contributed by atoms with E-state index in [0.29, 0.717) is 24.8 Å². The molecule has 5 heteroatoms. The molecular weight excluding hydrogens is 216 g/mol. The first-order valence-corrected chi connectivity index (χ1v) is 5.38. The Balaban J connectivity index is 2.10. The van der Waals surface area contributed by atoms with Gasteiger partial charge in [-0.05, 0) is 19.1 Å². The van der Waals surface area contributed by atoms with Crippen LogP contribution in [0.5, 0.6) is 0 Å². The maximum absolute atomic E-state index is 5.11. The van der Waals surface area contributed by atoms with Crippen molar-refractivity contribution < 1.29 is 4.52 Å². The van der Waals surface area contributed by atoms with E-state index in [1.807, 2.05) is 25.1 Å². The Morgan fingerprint density at radius 2 is 2.29 bits per heavy atom. The number of rotatable bonds is 5. The third-order valence-corrected chi connectivity index (χ3v) is 2.15. The number of aromatic nitrogens is 3. The summed E-state index contributed by atoms with van der Waals surface area (Å²) in [6.45, 7) is 6.78. The molecule has 0 saturated heterocycles. The number of nitrogens with one attached hydrogen (secondary N) is 1. The molecule has 0 unspecified atom stereocenters. The van der Waals surface area contributed by atoms with Crippen LogP contribution < -0.4 is 5.32 Å². The van der Waals surface area contributed by atoms with E-state index in [1.54, 1.807) is 6.08 Å².